The van der Waals surface area contributed by atoms with Crippen LogP contribution >= 0.6 is 0 Å². The van der Waals surface area contributed by atoms with Crippen LogP contribution in [0.4, 0.5) is 8.78 Å². The van der Waals surface area contributed by atoms with Crippen LogP contribution in [0.15, 0.2) is 0 Å². The third kappa shape index (κ3) is 1.34. The zero-order valence-electron chi connectivity index (χ0n) is 3.54. The monoisotopic (exact) mass is 128 g/mol. The minimum absolute atomic E-state index is 2.16. The lowest BCUT2D eigenvalue weighted by Gasteiger charge is -2.15. The normalized spacial score (nSPS) is 39.8. The van der Waals surface area contributed by atoms with Gasteiger partial charge >= 0.3 is 13.1 Å². The fraction of sp³-hybridized carbons (Fsp3) is 1.00. The Morgan fingerprint density at radius 3 is 1.25 bits per heavy atom. The highest BCUT2D eigenvalue weighted by Gasteiger charge is 2.23. The van der Waals surface area contributed by atoms with Gasteiger partial charge in [-0.1, -0.05) is 0 Å². The molecule has 8 heavy (non-hydrogen) atoms. The summed E-state index contributed by atoms with van der Waals surface area (Å²) in [4.78, 5) is 14.0. The Morgan fingerprint density at radius 1 is 0.750 bits per heavy atom. The molecule has 1 aliphatic heterocycles. The summed E-state index contributed by atoms with van der Waals surface area (Å²) in [5.74, 6) is 0. The highest BCUT2D eigenvalue weighted by atomic mass is 19.2. The summed E-state index contributed by atoms with van der Waals surface area (Å²) in [6.45, 7) is -4.33. The predicted molar refractivity (Wildman–Crippen MR) is 14.1 cm³/mol. The largest absolute Gasteiger partial charge is 0.363 e. The summed E-state index contributed by atoms with van der Waals surface area (Å²) in [6.07, 6.45) is 0. The molecule has 48 valence electrons. The van der Waals surface area contributed by atoms with Crippen LogP contribution in [0, 0.1) is 0 Å². The predicted octanol–water partition coefficient (Wildman–Crippen LogP) is 0.403. The van der Waals surface area contributed by atoms with Crippen LogP contribution < -0.4 is 0 Å². The van der Waals surface area contributed by atoms with Crippen LogP contribution in [0.5, 0.6) is 0 Å². The zero-order chi connectivity index (χ0) is 5.98. The van der Waals surface area contributed by atoms with Gasteiger partial charge in [-0.25, -0.2) is 0 Å². The maximum absolute atomic E-state index is 11.5. The highest BCUT2D eigenvalue weighted by molar-refractivity contribution is 4.08. The maximum Gasteiger partial charge on any atom is 0.363 e. The molecule has 0 aromatic rings. The van der Waals surface area contributed by atoms with E-state index in [9.17, 15) is 8.78 Å². The van der Waals surface area contributed by atoms with Crippen LogP contribution in [0.3, 0.4) is 0 Å². The minimum atomic E-state index is -2.16. The molecule has 0 amide bonds. The van der Waals surface area contributed by atoms with Crippen LogP contribution in [-0.2, 0) is 19.6 Å². The van der Waals surface area contributed by atoms with Crippen molar-refractivity contribution in [3.63, 3.8) is 0 Å². The standard InChI is InChI=1S/C2H2F2O4/c3-1-5-7-2(4)8-6-1/h1-2H. The number of alkyl halides is 2. The Hall–Kier alpha value is -0.300. The zero-order valence-corrected chi connectivity index (χ0v) is 3.54. The minimum Gasteiger partial charge on any atom is -0.178 e. The molecular weight excluding hydrogens is 126 g/mol. The lowest BCUT2D eigenvalue weighted by Crippen LogP contribution is -2.26. The van der Waals surface area contributed by atoms with Gasteiger partial charge in [0.15, 0.2) is 0 Å². The lowest BCUT2D eigenvalue weighted by molar-refractivity contribution is -0.631. The van der Waals surface area contributed by atoms with E-state index < -0.39 is 13.1 Å². The number of hydrogen-bond acceptors (Lipinski definition) is 4. The first-order valence-electron chi connectivity index (χ1n) is 1.71. The van der Waals surface area contributed by atoms with E-state index in [1.807, 2.05) is 0 Å². The topological polar surface area (TPSA) is 36.9 Å². The average molecular weight is 128 g/mol. The van der Waals surface area contributed by atoms with E-state index in [2.05, 4.69) is 19.6 Å². The highest BCUT2D eigenvalue weighted by Crippen LogP contribution is 2.11. The molecule has 0 radical (unpaired) electrons. The Bertz CT molecular complexity index is 60.4. The Morgan fingerprint density at radius 2 is 1.00 bits per heavy atom. The molecule has 0 atom stereocenters. The quantitative estimate of drug-likeness (QED) is 0.442. The van der Waals surface area contributed by atoms with Crippen LogP contribution in [0.25, 0.3) is 0 Å². The second kappa shape index (κ2) is 2.31. The summed E-state index contributed by atoms with van der Waals surface area (Å²) in [6, 6.07) is 0. The molecule has 1 rings (SSSR count). The first-order valence-corrected chi connectivity index (χ1v) is 1.71. The smallest absolute Gasteiger partial charge is 0.178 e. The second-order valence-electron chi connectivity index (χ2n) is 0.934. The van der Waals surface area contributed by atoms with E-state index in [1.54, 1.807) is 0 Å². The van der Waals surface area contributed by atoms with Crippen LogP contribution in [0.2, 0.25) is 0 Å². The SMILES string of the molecule is FC1OOC(F)OO1. The number of rotatable bonds is 0. The third-order valence-electron chi connectivity index (χ3n) is 0.414. The summed E-state index contributed by atoms with van der Waals surface area (Å²) >= 11 is 0. The molecule has 1 aliphatic rings. The Balaban J connectivity index is 2.19. The van der Waals surface area contributed by atoms with Gasteiger partial charge in [-0.3, -0.25) is 0 Å². The van der Waals surface area contributed by atoms with Crippen molar-refractivity contribution in [3.05, 3.63) is 0 Å². The summed E-state index contributed by atoms with van der Waals surface area (Å²) < 4.78 is 23.0. The Kier molecular flexibility index (Phi) is 1.69. The van der Waals surface area contributed by atoms with Gasteiger partial charge in [0.1, 0.15) is 0 Å². The van der Waals surface area contributed by atoms with E-state index in [1.165, 1.54) is 0 Å². The van der Waals surface area contributed by atoms with E-state index in [-0.39, 0.29) is 0 Å². The van der Waals surface area contributed by atoms with Crippen molar-refractivity contribution in [2.24, 2.45) is 0 Å². The van der Waals surface area contributed by atoms with Gasteiger partial charge in [-0.05, 0) is 0 Å². The average Bonchev–Trinajstić information content (AvgIpc) is 1.77. The van der Waals surface area contributed by atoms with Crippen LogP contribution in [-0.4, -0.2) is 13.1 Å². The molecule has 0 saturated carbocycles. The molecule has 0 aliphatic carbocycles. The van der Waals surface area contributed by atoms with Gasteiger partial charge < -0.3 is 0 Å². The third-order valence-corrected chi connectivity index (χ3v) is 0.414. The molecule has 6 heteroatoms. The van der Waals surface area contributed by atoms with Crippen molar-refractivity contribution in [2.75, 3.05) is 0 Å². The van der Waals surface area contributed by atoms with Gasteiger partial charge in [0.05, 0.1) is 0 Å². The van der Waals surface area contributed by atoms with E-state index in [0.717, 1.165) is 0 Å². The number of hydrogen-bond donors (Lipinski definition) is 0. The second-order valence-corrected chi connectivity index (χ2v) is 0.934. The van der Waals surface area contributed by atoms with Crippen molar-refractivity contribution >= 4 is 0 Å². The number of halogens is 2. The first-order chi connectivity index (χ1) is 3.79. The molecule has 0 aromatic heterocycles. The molecule has 0 bridgehead atoms. The van der Waals surface area contributed by atoms with Gasteiger partial charge in [0.25, 0.3) is 0 Å². The van der Waals surface area contributed by atoms with Crippen molar-refractivity contribution < 1.29 is 28.3 Å². The summed E-state index contributed by atoms with van der Waals surface area (Å²) in [7, 11) is 0. The molecule has 0 spiro atoms. The fourth-order valence-electron chi connectivity index (χ4n) is 0.207. The van der Waals surface area contributed by atoms with Crippen molar-refractivity contribution in [1.29, 1.82) is 0 Å². The van der Waals surface area contributed by atoms with E-state index in [0.29, 0.717) is 0 Å². The lowest BCUT2D eigenvalue weighted by atomic mass is 11.3. The molecule has 0 aromatic carbocycles. The first kappa shape index (κ1) is 5.83. The summed E-state index contributed by atoms with van der Waals surface area (Å²) in [5, 5.41) is 0. The molecule has 4 nitrogen and oxygen atoms in total. The molecular formula is C2H2F2O4. The van der Waals surface area contributed by atoms with Crippen molar-refractivity contribution in [1.82, 2.24) is 0 Å². The molecule has 1 fully saturated rings. The molecule has 0 unspecified atom stereocenters. The fourth-order valence-corrected chi connectivity index (χ4v) is 0.207. The van der Waals surface area contributed by atoms with E-state index in [4.69, 9.17) is 0 Å². The maximum atomic E-state index is 11.5. The summed E-state index contributed by atoms with van der Waals surface area (Å²) in [5.41, 5.74) is 0. The van der Waals surface area contributed by atoms with Crippen LogP contribution in [0.1, 0.15) is 0 Å². The van der Waals surface area contributed by atoms with E-state index >= 15 is 0 Å². The van der Waals surface area contributed by atoms with Gasteiger partial charge in [-0.15, -0.1) is 0 Å². The van der Waals surface area contributed by atoms with Gasteiger partial charge in [0, 0.05) is 0 Å². The molecule has 1 saturated heterocycles. The van der Waals surface area contributed by atoms with Crippen molar-refractivity contribution in [2.45, 2.75) is 13.1 Å². The van der Waals surface area contributed by atoms with Crippen molar-refractivity contribution in [3.8, 4) is 0 Å². The Labute approximate surface area is 42.7 Å². The van der Waals surface area contributed by atoms with Gasteiger partial charge in [0.2, 0.25) is 0 Å². The molecule has 1 heterocycles. The van der Waals surface area contributed by atoms with Gasteiger partial charge in [-0.2, -0.15) is 28.3 Å². The molecule has 0 N–H and O–H groups in total.